The fourth-order valence-corrected chi connectivity index (χ4v) is 3.60. The number of hydrogen-bond acceptors (Lipinski definition) is 5. The molecule has 0 saturated carbocycles. The van der Waals surface area contributed by atoms with E-state index in [1.807, 2.05) is 6.92 Å². The quantitative estimate of drug-likeness (QED) is 0.747. The third-order valence-corrected chi connectivity index (χ3v) is 4.85. The van der Waals surface area contributed by atoms with E-state index >= 15 is 0 Å². The smallest absolute Gasteiger partial charge is 0.323 e. The molecule has 0 aliphatic carbocycles. The van der Waals surface area contributed by atoms with Crippen LogP contribution in [0.25, 0.3) is 0 Å². The van der Waals surface area contributed by atoms with E-state index < -0.39 is 0 Å². The lowest BCUT2D eigenvalue weighted by atomic mass is 10.0. The maximum Gasteiger partial charge on any atom is 0.323 e. The zero-order chi connectivity index (χ0) is 15.2. The van der Waals surface area contributed by atoms with Crippen LogP contribution in [0.3, 0.4) is 0 Å². The van der Waals surface area contributed by atoms with Crippen LogP contribution in [0.2, 0.25) is 0 Å². The average molecular weight is 297 g/mol. The van der Waals surface area contributed by atoms with Gasteiger partial charge >= 0.3 is 5.97 Å². The molecule has 0 aromatic heterocycles. The lowest BCUT2D eigenvalue weighted by molar-refractivity contribution is -0.149. The van der Waals surface area contributed by atoms with Gasteiger partial charge in [-0.25, -0.2) is 0 Å². The summed E-state index contributed by atoms with van der Waals surface area (Å²) in [5.74, 6) is -0.0410. The van der Waals surface area contributed by atoms with Gasteiger partial charge in [0.2, 0.25) is 0 Å². The lowest BCUT2D eigenvalue weighted by Gasteiger charge is -2.35. The van der Waals surface area contributed by atoms with Gasteiger partial charge in [0.25, 0.3) is 0 Å². The van der Waals surface area contributed by atoms with E-state index in [-0.39, 0.29) is 12.0 Å². The van der Waals surface area contributed by atoms with Crippen molar-refractivity contribution < 1.29 is 9.53 Å². The molecule has 21 heavy (non-hydrogen) atoms. The topological polar surface area (TPSA) is 58.8 Å². The number of nitrogens with zero attached hydrogens (tertiary/aromatic N) is 2. The molecule has 0 bridgehead atoms. The lowest BCUT2D eigenvalue weighted by Crippen LogP contribution is -2.47. The van der Waals surface area contributed by atoms with E-state index in [2.05, 4.69) is 16.7 Å². The van der Waals surface area contributed by atoms with Crippen LogP contribution in [0.1, 0.15) is 46.0 Å². The molecule has 2 saturated heterocycles. The van der Waals surface area contributed by atoms with Crippen LogP contribution in [0.4, 0.5) is 0 Å². The molecule has 122 valence electrons. The molecular formula is C16H31N3O2. The monoisotopic (exact) mass is 297 g/mol. The van der Waals surface area contributed by atoms with Gasteiger partial charge in [0.05, 0.1) is 6.61 Å². The fourth-order valence-electron chi connectivity index (χ4n) is 3.60. The number of likely N-dealkylation sites (tertiary alicyclic amines) is 2. The molecule has 0 spiro atoms. The standard InChI is InChI=1S/C16H31N3O2/c1-3-5-15(16(20)21-4-2)19-11-8-14(12-19)18-9-6-13(17)7-10-18/h13-15H,3-12,17H2,1-2H3. The van der Waals surface area contributed by atoms with Crippen molar-refractivity contribution in [2.45, 2.75) is 64.1 Å². The highest BCUT2D eigenvalue weighted by Gasteiger charge is 2.35. The minimum Gasteiger partial charge on any atom is -0.465 e. The highest BCUT2D eigenvalue weighted by atomic mass is 16.5. The summed E-state index contributed by atoms with van der Waals surface area (Å²) in [7, 11) is 0. The second kappa shape index (κ2) is 8.11. The highest BCUT2D eigenvalue weighted by Crippen LogP contribution is 2.23. The fraction of sp³-hybridized carbons (Fsp3) is 0.938. The Morgan fingerprint density at radius 2 is 1.95 bits per heavy atom. The maximum atomic E-state index is 12.2. The summed E-state index contributed by atoms with van der Waals surface area (Å²) in [4.78, 5) is 17.1. The van der Waals surface area contributed by atoms with Crippen molar-refractivity contribution in [3.05, 3.63) is 0 Å². The van der Waals surface area contributed by atoms with E-state index in [0.717, 1.165) is 58.3 Å². The van der Waals surface area contributed by atoms with Crippen molar-refractivity contribution in [2.75, 3.05) is 32.8 Å². The van der Waals surface area contributed by atoms with Gasteiger partial charge in [-0.1, -0.05) is 13.3 Å². The molecule has 0 aromatic rings. The molecule has 2 unspecified atom stereocenters. The molecule has 2 fully saturated rings. The zero-order valence-electron chi connectivity index (χ0n) is 13.6. The number of esters is 1. The molecule has 2 aliphatic rings. The molecule has 0 aromatic carbocycles. The van der Waals surface area contributed by atoms with Gasteiger partial charge in [-0.3, -0.25) is 14.6 Å². The number of carbonyl (C=O) groups is 1. The summed E-state index contributed by atoms with van der Waals surface area (Å²) in [6, 6.07) is 0.921. The Labute approximate surface area is 128 Å². The van der Waals surface area contributed by atoms with Gasteiger partial charge in [0, 0.05) is 25.2 Å². The zero-order valence-corrected chi connectivity index (χ0v) is 13.6. The van der Waals surface area contributed by atoms with Gasteiger partial charge in [0.1, 0.15) is 6.04 Å². The van der Waals surface area contributed by atoms with Crippen molar-refractivity contribution in [2.24, 2.45) is 5.73 Å². The Hall–Kier alpha value is -0.650. The molecule has 2 heterocycles. The predicted molar refractivity (Wildman–Crippen MR) is 84.1 cm³/mol. The Morgan fingerprint density at radius 3 is 2.57 bits per heavy atom. The first kappa shape index (κ1) is 16.7. The average Bonchev–Trinajstić information content (AvgIpc) is 2.95. The first-order valence-electron chi connectivity index (χ1n) is 8.56. The third kappa shape index (κ3) is 4.41. The van der Waals surface area contributed by atoms with Crippen LogP contribution in [-0.4, -0.2) is 66.7 Å². The van der Waals surface area contributed by atoms with Crippen LogP contribution in [0.15, 0.2) is 0 Å². The summed E-state index contributed by atoms with van der Waals surface area (Å²) in [6.07, 6.45) is 5.29. The third-order valence-electron chi connectivity index (χ3n) is 4.85. The van der Waals surface area contributed by atoms with Crippen LogP contribution < -0.4 is 5.73 Å². The van der Waals surface area contributed by atoms with Gasteiger partial charge in [0.15, 0.2) is 0 Å². The van der Waals surface area contributed by atoms with E-state index in [1.165, 1.54) is 0 Å². The summed E-state index contributed by atoms with van der Waals surface area (Å²) < 4.78 is 5.25. The first-order chi connectivity index (χ1) is 10.2. The number of rotatable bonds is 6. The second-order valence-corrected chi connectivity index (χ2v) is 6.37. The van der Waals surface area contributed by atoms with Crippen molar-refractivity contribution >= 4 is 5.97 Å². The molecule has 5 nitrogen and oxygen atoms in total. The van der Waals surface area contributed by atoms with Gasteiger partial charge < -0.3 is 10.5 Å². The summed E-state index contributed by atoms with van der Waals surface area (Å²) in [5, 5.41) is 0. The van der Waals surface area contributed by atoms with Gasteiger partial charge in [-0.15, -0.1) is 0 Å². The maximum absolute atomic E-state index is 12.2. The first-order valence-corrected chi connectivity index (χ1v) is 8.56. The molecule has 5 heteroatoms. The Balaban J connectivity index is 1.88. The van der Waals surface area contributed by atoms with Crippen LogP contribution in [0.5, 0.6) is 0 Å². The van der Waals surface area contributed by atoms with Gasteiger partial charge in [-0.2, -0.15) is 0 Å². The Bertz CT molecular complexity index is 329. The Morgan fingerprint density at radius 1 is 1.24 bits per heavy atom. The molecule has 2 rings (SSSR count). The SMILES string of the molecule is CCCC(C(=O)OCC)N1CCC(N2CCC(N)CC2)C1. The Kier molecular flexibility index (Phi) is 6.45. The molecule has 0 radical (unpaired) electrons. The van der Waals surface area contributed by atoms with Crippen molar-refractivity contribution in [1.82, 2.24) is 9.80 Å². The number of nitrogens with two attached hydrogens (primary N) is 1. The second-order valence-electron chi connectivity index (χ2n) is 6.37. The largest absolute Gasteiger partial charge is 0.465 e. The highest BCUT2D eigenvalue weighted by molar-refractivity contribution is 5.75. The van der Waals surface area contributed by atoms with E-state index in [9.17, 15) is 4.79 Å². The number of ether oxygens (including phenoxy) is 1. The predicted octanol–water partition coefficient (Wildman–Crippen LogP) is 1.22. The molecule has 2 N–H and O–H groups in total. The van der Waals surface area contributed by atoms with E-state index in [1.54, 1.807) is 0 Å². The minimum absolute atomic E-state index is 0.0410. The summed E-state index contributed by atoms with van der Waals surface area (Å²) in [5.41, 5.74) is 5.99. The van der Waals surface area contributed by atoms with Crippen molar-refractivity contribution in [1.29, 1.82) is 0 Å². The molecule has 2 aliphatic heterocycles. The summed E-state index contributed by atoms with van der Waals surface area (Å²) in [6.45, 7) is 8.71. The van der Waals surface area contributed by atoms with Crippen molar-refractivity contribution in [3.8, 4) is 0 Å². The van der Waals surface area contributed by atoms with E-state index in [4.69, 9.17) is 10.5 Å². The van der Waals surface area contributed by atoms with Gasteiger partial charge in [-0.05, 0) is 45.7 Å². The molecular weight excluding hydrogens is 266 g/mol. The number of hydrogen-bond donors (Lipinski definition) is 1. The van der Waals surface area contributed by atoms with Crippen LogP contribution in [0, 0.1) is 0 Å². The molecule has 0 amide bonds. The number of piperidine rings is 1. The van der Waals surface area contributed by atoms with E-state index in [0.29, 0.717) is 18.7 Å². The molecule has 2 atom stereocenters. The van der Waals surface area contributed by atoms with Crippen LogP contribution >= 0.6 is 0 Å². The van der Waals surface area contributed by atoms with Crippen LogP contribution in [-0.2, 0) is 9.53 Å². The number of carbonyl (C=O) groups excluding carboxylic acids is 1. The normalized spacial score (nSPS) is 26.9. The minimum atomic E-state index is -0.0491. The summed E-state index contributed by atoms with van der Waals surface area (Å²) >= 11 is 0. The van der Waals surface area contributed by atoms with Crippen molar-refractivity contribution in [3.63, 3.8) is 0 Å².